The van der Waals surface area contributed by atoms with Crippen LogP contribution < -0.4 is 4.90 Å². The molecule has 1 aliphatic heterocycles. The zero-order valence-electron chi connectivity index (χ0n) is 12.5. The Morgan fingerprint density at radius 1 is 0.955 bits per heavy atom. The SMILES string of the molecule is COC(=O)C1=C(C(=O)OC)N(C)c2cccc3cccc1c23. The van der Waals surface area contributed by atoms with Gasteiger partial charge in [0.25, 0.3) is 0 Å². The molecule has 0 radical (unpaired) electrons. The molecule has 2 aromatic carbocycles. The maximum Gasteiger partial charge on any atom is 0.355 e. The molecular formula is C17H15NO4. The molecule has 0 amide bonds. The number of hydrogen-bond donors (Lipinski definition) is 0. The summed E-state index contributed by atoms with van der Waals surface area (Å²) in [6, 6.07) is 11.4. The van der Waals surface area contributed by atoms with Crippen LogP contribution in [0.4, 0.5) is 5.69 Å². The normalized spacial score (nSPS) is 13.3. The lowest BCUT2D eigenvalue weighted by atomic mass is 9.91. The molecule has 0 aliphatic carbocycles. The molecule has 0 N–H and O–H groups in total. The fourth-order valence-corrected chi connectivity index (χ4v) is 2.87. The van der Waals surface area contributed by atoms with E-state index in [1.807, 2.05) is 36.4 Å². The van der Waals surface area contributed by atoms with Gasteiger partial charge in [-0.25, -0.2) is 9.59 Å². The molecule has 2 aromatic rings. The Morgan fingerprint density at radius 2 is 1.59 bits per heavy atom. The fraction of sp³-hybridized carbons (Fsp3) is 0.176. The summed E-state index contributed by atoms with van der Waals surface area (Å²) in [5, 5.41) is 1.91. The molecule has 22 heavy (non-hydrogen) atoms. The molecule has 0 unspecified atom stereocenters. The predicted octanol–water partition coefficient (Wildman–Crippen LogP) is 2.35. The van der Waals surface area contributed by atoms with Crippen LogP contribution in [-0.2, 0) is 19.1 Å². The zero-order valence-corrected chi connectivity index (χ0v) is 12.5. The first-order valence-corrected chi connectivity index (χ1v) is 6.77. The largest absolute Gasteiger partial charge is 0.465 e. The minimum atomic E-state index is -0.575. The monoisotopic (exact) mass is 297 g/mol. The number of benzene rings is 2. The number of likely N-dealkylation sites (N-methyl/N-ethyl adjacent to an activating group) is 1. The highest BCUT2D eigenvalue weighted by atomic mass is 16.5. The highest BCUT2D eigenvalue weighted by Gasteiger charge is 2.33. The number of anilines is 1. The number of nitrogens with zero attached hydrogens (tertiary/aromatic N) is 1. The van der Waals surface area contributed by atoms with Gasteiger partial charge in [0.1, 0.15) is 5.70 Å². The van der Waals surface area contributed by atoms with E-state index < -0.39 is 11.9 Å². The molecule has 1 aliphatic rings. The number of ether oxygens (including phenoxy) is 2. The van der Waals surface area contributed by atoms with E-state index in [9.17, 15) is 9.59 Å². The lowest BCUT2D eigenvalue weighted by Gasteiger charge is -2.30. The third-order valence-corrected chi connectivity index (χ3v) is 3.85. The maximum atomic E-state index is 12.3. The van der Waals surface area contributed by atoms with Gasteiger partial charge in [0.15, 0.2) is 0 Å². The number of rotatable bonds is 2. The van der Waals surface area contributed by atoms with E-state index in [0.29, 0.717) is 5.56 Å². The van der Waals surface area contributed by atoms with Gasteiger partial charge in [-0.3, -0.25) is 0 Å². The first-order chi connectivity index (χ1) is 10.6. The molecule has 5 nitrogen and oxygen atoms in total. The maximum absolute atomic E-state index is 12.3. The Morgan fingerprint density at radius 3 is 2.23 bits per heavy atom. The van der Waals surface area contributed by atoms with Crippen LogP contribution in [0.3, 0.4) is 0 Å². The van der Waals surface area contributed by atoms with Crippen molar-refractivity contribution in [3.05, 3.63) is 47.7 Å². The molecule has 1 heterocycles. The Kier molecular flexibility index (Phi) is 3.33. The summed E-state index contributed by atoms with van der Waals surface area (Å²) in [5.74, 6) is -1.14. The number of carbonyl (C=O) groups excluding carboxylic acids is 2. The van der Waals surface area contributed by atoms with Crippen molar-refractivity contribution < 1.29 is 19.1 Å². The van der Waals surface area contributed by atoms with E-state index >= 15 is 0 Å². The predicted molar refractivity (Wildman–Crippen MR) is 83.3 cm³/mol. The van der Waals surface area contributed by atoms with Crippen LogP contribution in [0.25, 0.3) is 16.3 Å². The van der Waals surface area contributed by atoms with Gasteiger partial charge in [0.05, 0.1) is 19.8 Å². The highest BCUT2D eigenvalue weighted by Crippen LogP contribution is 2.41. The quantitative estimate of drug-likeness (QED) is 0.796. The second-order valence-corrected chi connectivity index (χ2v) is 4.95. The molecule has 0 saturated carbocycles. The topological polar surface area (TPSA) is 55.8 Å². The van der Waals surface area contributed by atoms with Crippen molar-refractivity contribution >= 4 is 34.0 Å². The molecular weight excluding hydrogens is 282 g/mol. The molecule has 0 spiro atoms. The van der Waals surface area contributed by atoms with Gasteiger partial charge in [-0.05, 0) is 11.5 Å². The minimum Gasteiger partial charge on any atom is -0.465 e. The summed E-state index contributed by atoms with van der Waals surface area (Å²) in [4.78, 5) is 26.2. The van der Waals surface area contributed by atoms with Gasteiger partial charge in [-0.15, -0.1) is 0 Å². The number of methoxy groups -OCH3 is 2. The Bertz CT molecular complexity index is 817. The van der Waals surface area contributed by atoms with Crippen LogP contribution in [0.5, 0.6) is 0 Å². The average molecular weight is 297 g/mol. The van der Waals surface area contributed by atoms with E-state index in [2.05, 4.69) is 0 Å². The summed E-state index contributed by atoms with van der Waals surface area (Å²) in [7, 11) is 4.32. The molecule has 112 valence electrons. The second-order valence-electron chi connectivity index (χ2n) is 4.95. The molecule has 0 bridgehead atoms. The Hall–Kier alpha value is -2.82. The van der Waals surface area contributed by atoms with Crippen LogP contribution in [-0.4, -0.2) is 33.2 Å². The molecule has 5 heteroatoms. The number of esters is 2. The standard InChI is InChI=1S/C17H15NO4/c1-18-12-9-5-7-10-6-4-8-11(13(10)12)14(16(19)21-2)15(18)17(20)22-3/h4-9H,1-3H3. The van der Waals surface area contributed by atoms with Crippen molar-refractivity contribution in [2.24, 2.45) is 0 Å². The van der Waals surface area contributed by atoms with Gasteiger partial charge in [-0.2, -0.15) is 0 Å². The fourth-order valence-electron chi connectivity index (χ4n) is 2.87. The molecule has 3 rings (SSSR count). The molecule has 0 atom stereocenters. The Balaban J connectivity index is 2.43. The molecule has 0 aromatic heterocycles. The average Bonchev–Trinajstić information content (AvgIpc) is 2.56. The first-order valence-electron chi connectivity index (χ1n) is 6.77. The zero-order chi connectivity index (χ0) is 15.9. The van der Waals surface area contributed by atoms with Gasteiger partial charge in [0.2, 0.25) is 0 Å². The van der Waals surface area contributed by atoms with Crippen molar-refractivity contribution in [3.8, 4) is 0 Å². The number of hydrogen-bond acceptors (Lipinski definition) is 5. The summed E-state index contributed by atoms with van der Waals surface area (Å²) in [6.45, 7) is 0. The van der Waals surface area contributed by atoms with Gasteiger partial charge < -0.3 is 14.4 Å². The lowest BCUT2D eigenvalue weighted by molar-refractivity contribution is -0.137. The van der Waals surface area contributed by atoms with E-state index in [1.165, 1.54) is 14.2 Å². The smallest absolute Gasteiger partial charge is 0.355 e. The first kappa shape index (κ1) is 14.1. The van der Waals surface area contributed by atoms with Crippen molar-refractivity contribution in [2.45, 2.75) is 0 Å². The Labute approximate surface area is 127 Å². The molecule has 0 fully saturated rings. The van der Waals surface area contributed by atoms with Crippen LogP contribution in [0.15, 0.2) is 42.1 Å². The second kappa shape index (κ2) is 5.18. The minimum absolute atomic E-state index is 0.181. The van der Waals surface area contributed by atoms with Crippen molar-refractivity contribution in [1.29, 1.82) is 0 Å². The van der Waals surface area contributed by atoms with Crippen LogP contribution in [0, 0.1) is 0 Å². The summed E-state index contributed by atoms with van der Waals surface area (Å²) in [6.07, 6.45) is 0. The summed E-state index contributed by atoms with van der Waals surface area (Å²) >= 11 is 0. The van der Waals surface area contributed by atoms with Crippen LogP contribution >= 0.6 is 0 Å². The van der Waals surface area contributed by atoms with Gasteiger partial charge >= 0.3 is 11.9 Å². The summed E-state index contributed by atoms with van der Waals surface area (Å²) in [5.41, 5.74) is 1.93. The van der Waals surface area contributed by atoms with Crippen molar-refractivity contribution in [1.82, 2.24) is 0 Å². The third-order valence-electron chi connectivity index (χ3n) is 3.85. The van der Waals surface area contributed by atoms with Gasteiger partial charge in [0, 0.05) is 23.7 Å². The van der Waals surface area contributed by atoms with E-state index in [1.54, 1.807) is 11.9 Å². The third kappa shape index (κ3) is 1.86. The van der Waals surface area contributed by atoms with Crippen molar-refractivity contribution in [3.63, 3.8) is 0 Å². The van der Waals surface area contributed by atoms with E-state index in [4.69, 9.17) is 9.47 Å². The van der Waals surface area contributed by atoms with E-state index in [-0.39, 0.29) is 11.3 Å². The van der Waals surface area contributed by atoms with Gasteiger partial charge in [-0.1, -0.05) is 30.3 Å². The van der Waals surface area contributed by atoms with Crippen LogP contribution in [0.2, 0.25) is 0 Å². The van der Waals surface area contributed by atoms with E-state index in [0.717, 1.165) is 16.5 Å². The van der Waals surface area contributed by atoms with Crippen LogP contribution in [0.1, 0.15) is 5.56 Å². The highest BCUT2D eigenvalue weighted by molar-refractivity contribution is 6.29. The summed E-state index contributed by atoms with van der Waals surface area (Å²) < 4.78 is 9.73. The lowest BCUT2D eigenvalue weighted by Crippen LogP contribution is -2.30. The van der Waals surface area contributed by atoms with Crippen molar-refractivity contribution in [2.75, 3.05) is 26.2 Å². The number of carbonyl (C=O) groups is 2. The molecule has 0 saturated heterocycles.